The SMILES string of the molecule is COc1ccc(F)cc1C(C#N)C(=O)O. The summed E-state index contributed by atoms with van der Waals surface area (Å²) in [5, 5.41) is 17.4. The summed E-state index contributed by atoms with van der Waals surface area (Å²) in [6, 6.07) is 4.99. The zero-order valence-electron chi connectivity index (χ0n) is 7.90. The lowest BCUT2D eigenvalue weighted by Crippen LogP contribution is -2.10. The van der Waals surface area contributed by atoms with Gasteiger partial charge in [-0.3, -0.25) is 4.79 Å². The topological polar surface area (TPSA) is 70.3 Å². The van der Waals surface area contributed by atoms with Crippen molar-refractivity contribution in [2.75, 3.05) is 7.11 Å². The van der Waals surface area contributed by atoms with E-state index in [-0.39, 0.29) is 11.3 Å². The van der Waals surface area contributed by atoms with Crippen LogP contribution in [-0.4, -0.2) is 18.2 Å². The molecule has 0 amide bonds. The molecule has 5 heteroatoms. The molecule has 0 heterocycles. The van der Waals surface area contributed by atoms with Gasteiger partial charge in [-0.15, -0.1) is 0 Å². The smallest absolute Gasteiger partial charge is 0.325 e. The standard InChI is InChI=1S/C10H8FNO3/c1-15-9-3-2-6(11)4-7(9)8(5-12)10(13)14/h2-4,8H,1H3,(H,13,14). The minimum atomic E-state index is -1.42. The third-order valence-corrected chi connectivity index (χ3v) is 1.88. The van der Waals surface area contributed by atoms with Gasteiger partial charge in [0.25, 0.3) is 0 Å². The quantitative estimate of drug-likeness (QED) is 0.819. The molecule has 0 saturated carbocycles. The van der Waals surface area contributed by atoms with E-state index in [4.69, 9.17) is 15.1 Å². The molecule has 0 saturated heterocycles. The van der Waals surface area contributed by atoms with E-state index in [2.05, 4.69) is 0 Å². The number of nitriles is 1. The lowest BCUT2D eigenvalue weighted by atomic mass is 10.00. The van der Waals surface area contributed by atoms with Crippen LogP contribution in [0.25, 0.3) is 0 Å². The Morgan fingerprint density at radius 2 is 2.33 bits per heavy atom. The van der Waals surface area contributed by atoms with Gasteiger partial charge in [-0.25, -0.2) is 4.39 Å². The number of aliphatic carboxylic acids is 1. The van der Waals surface area contributed by atoms with Crippen molar-refractivity contribution in [1.82, 2.24) is 0 Å². The van der Waals surface area contributed by atoms with Crippen LogP contribution in [0.3, 0.4) is 0 Å². The van der Waals surface area contributed by atoms with Gasteiger partial charge in [-0.2, -0.15) is 5.26 Å². The maximum absolute atomic E-state index is 12.9. The van der Waals surface area contributed by atoms with Gasteiger partial charge in [0.15, 0.2) is 5.92 Å². The Labute approximate surface area is 85.5 Å². The predicted octanol–water partition coefficient (Wildman–Crippen LogP) is 1.53. The Hall–Kier alpha value is -2.09. The van der Waals surface area contributed by atoms with Crippen molar-refractivity contribution in [2.24, 2.45) is 0 Å². The highest BCUT2D eigenvalue weighted by molar-refractivity contribution is 5.80. The maximum atomic E-state index is 12.9. The summed E-state index contributed by atoms with van der Waals surface area (Å²) in [6.07, 6.45) is 0. The fraction of sp³-hybridized carbons (Fsp3) is 0.200. The van der Waals surface area contributed by atoms with Gasteiger partial charge >= 0.3 is 5.97 Å². The number of benzene rings is 1. The van der Waals surface area contributed by atoms with Crippen LogP contribution in [-0.2, 0) is 4.79 Å². The Morgan fingerprint density at radius 3 is 2.80 bits per heavy atom. The molecule has 1 unspecified atom stereocenters. The minimum absolute atomic E-state index is 0.0208. The van der Waals surface area contributed by atoms with E-state index in [1.165, 1.54) is 13.2 Å². The molecule has 0 spiro atoms. The van der Waals surface area contributed by atoms with E-state index < -0.39 is 17.7 Å². The second-order valence-electron chi connectivity index (χ2n) is 2.79. The van der Waals surface area contributed by atoms with Gasteiger partial charge in [0.2, 0.25) is 0 Å². The molecule has 1 aromatic carbocycles. The minimum Gasteiger partial charge on any atom is -0.496 e. The number of carbonyl (C=O) groups is 1. The highest BCUT2D eigenvalue weighted by atomic mass is 19.1. The molecule has 0 fully saturated rings. The lowest BCUT2D eigenvalue weighted by Gasteiger charge is -2.09. The summed E-state index contributed by atoms with van der Waals surface area (Å²) in [4.78, 5) is 10.7. The first-order valence-corrected chi connectivity index (χ1v) is 4.06. The third-order valence-electron chi connectivity index (χ3n) is 1.88. The molecule has 1 rings (SSSR count). The van der Waals surface area contributed by atoms with Crippen molar-refractivity contribution < 1.29 is 19.0 Å². The van der Waals surface area contributed by atoms with Crippen molar-refractivity contribution in [3.8, 4) is 11.8 Å². The van der Waals surface area contributed by atoms with E-state index in [1.54, 1.807) is 6.07 Å². The van der Waals surface area contributed by atoms with Gasteiger partial charge < -0.3 is 9.84 Å². The second-order valence-corrected chi connectivity index (χ2v) is 2.79. The van der Waals surface area contributed by atoms with Crippen LogP contribution in [0.2, 0.25) is 0 Å². The number of ether oxygens (including phenoxy) is 1. The first kappa shape index (κ1) is 11.0. The van der Waals surface area contributed by atoms with Gasteiger partial charge in [0.1, 0.15) is 11.6 Å². The molecule has 0 aliphatic rings. The number of carboxylic acid groups (broad SMARTS) is 1. The van der Waals surface area contributed by atoms with Crippen LogP contribution in [0.4, 0.5) is 4.39 Å². The number of carboxylic acids is 1. The summed E-state index contributed by atoms with van der Waals surface area (Å²) < 4.78 is 17.7. The monoisotopic (exact) mass is 209 g/mol. The number of nitrogens with zero attached hydrogens (tertiary/aromatic N) is 1. The zero-order chi connectivity index (χ0) is 11.4. The van der Waals surface area contributed by atoms with E-state index >= 15 is 0 Å². The van der Waals surface area contributed by atoms with Crippen molar-refractivity contribution in [3.05, 3.63) is 29.6 Å². The molecule has 1 atom stereocenters. The molecule has 78 valence electrons. The summed E-state index contributed by atoms with van der Waals surface area (Å²) in [5.74, 6) is -3.17. The Bertz CT molecular complexity index is 425. The highest BCUT2D eigenvalue weighted by Gasteiger charge is 2.23. The number of hydrogen-bond donors (Lipinski definition) is 1. The van der Waals surface area contributed by atoms with Crippen molar-refractivity contribution in [2.45, 2.75) is 5.92 Å². The summed E-state index contributed by atoms with van der Waals surface area (Å²) in [7, 11) is 1.33. The fourth-order valence-corrected chi connectivity index (χ4v) is 1.19. The molecule has 1 N–H and O–H groups in total. The van der Waals surface area contributed by atoms with E-state index in [9.17, 15) is 9.18 Å². The van der Waals surface area contributed by atoms with Crippen LogP contribution in [0.15, 0.2) is 18.2 Å². The van der Waals surface area contributed by atoms with Crippen LogP contribution < -0.4 is 4.74 Å². The van der Waals surface area contributed by atoms with Crippen molar-refractivity contribution in [1.29, 1.82) is 5.26 Å². The predicted molar refractivity (Wildman–Crippen MR) is 48.9 cm³/mol. The largest absolute Gasteiger partial charge is 0.496 e. The molecular weight excluding hydrogens is 201 g/mol. The number of hydrogen-bond acceptors (Lipinski definition) is 3. The molecule has 4 nitrogen and oxygen atoms in total. The van der Waals surface area contributed by atoms with Crippen LogP contribution in [0, 0.1) is 17.1 Å². The molecule has 1 aromatic rings. The average molecular weight is 209 g/mol. The van der Waals surface area contributed by atoms with Crippen LogP contribution >= 0.6 is 0 Å². The maximum Gasteiger partial charge on any atom is 0.325 e. The third kappa shape index (κ3) is 2.23. The lowest BCUT2D eigenvalue weighted by molar-refractivity contribution is -0.137. The first-order chi connectivity index (χ1) is 7.10. The molecule has 0 aliphatic carbocycles. The molecule has 0 bridgehead atoms. The van der Waals surface area contributed by atoms with Crippen LogP contribution in [0.5, 0.6) is 5.75 Å². The molecule has 0 aromatic heterocycles. The first-order valence-electron chi connectivity index (χ1n) is 4.06. The number of rotatable bonds is 3. The van der Waals surface area contributed by atoms with Crippen molar-refractivity contribution >= 4 is 5.97 Å². The fourth-order valence-electron chi connectivity index (χ4n) is 1.19. The summed E-state index contributed by atoms with van der Waals surface area (Å²) >= 11 is 0. The van der Waals surface area contributed by atoms with Gasteiger partial charge in [-0.1, -0.05) is 0 Å². The Balaban J connectivity index is 3.27. The van der Waals surface area contributed by atoms with Gasteiger partial charge in [0.05, 0.1) is 13.2 Å². The average Bonchev–Trinajstić information content (AvgIpc) is 2.18. The number of halogens is 1. The van der Waals surface area contributed by atoms with Gasteiger partial charge in [-0.05, 0) is 18.2 Å². The van der Waals surface area contributed by atoms with E-state index in [0.717, 1.165) is 12.1 Å². The van der Waals surface area contributed by atoms with E-state index in [0.29, 0.717) is 0 Å². The molecule has 15 heavy (non-hydrogen) atoms. The van der Waals surface area contributed by atoms with Crippen molar-refractivity contribution in [3.63, 3.8) is 0 Å². The van der Waals surface area contributed by atoms with E-state index in [1.807, 2.05) is 0 Å². The molecular formula is C10H8FNO3. The second kappa shape index (κ2) is 4.42. The normalized spacial score (nSPS) is 11.5. The van der Waals surface area contributed by atoms with Crippen LogP contribution in [0.1, 0.15) is 11.5 Å². The highest BCUT2D eigenvalue weighted by Crippen LogP contribution is 2.27. The Morgan fingerprint density at radius 1 is 1.67 bits per heavy atom. The summed E-state index contributed by atoms with van der Waals surface area (Å²) in [6.45, 7) is 0. The molecule has 0 aliphatic heterocycles. The number of methoxy groups -OCH3 is 1. The van der Waals surface area contributed by atoms with Gasteiger partial charge in [0, 0.05) is 5.56 Å². The zero-order valence-corrected chi connectivity index (χ0v) is 7.90. The summed E-state index contributed by atoms with van der Waals surface area (Å²) in [5.41, 5.74) is 0.0208. The Kier molecular flexibility index (Phi) is 3.24. The molecule has 0 radical (unpaired) electrons.